The third kappa shape index (κ3) is 4.10. The molecule has 4 nitrogen and oxygen atoms in total. The lowest BCUT2D eigenvalue weighted by atomic mass is 9.78. The summed E-state index contributed by atoms with van der Waals surface area (Å²) in [6, 6.07) is 5.91. The number of benzene rings is 1. The van der Waals surface area contributed by atoms with Crippen LogP contribution in [0.5, 0.6) is 5.75 Å². The minimum atomic E-state index is -0.176. The van der Waals surface area contributed by atoms with Crippen molar-refractivity contribution in [1.82, 2.24) is 10.2 Å². The molecular formula is C20H30N2O2. The molecule has 0 spiro atoms. The van der Waals surface area contributed by atoms with Gasteiger partial charge in [0.05, 0.1) is 5.56 Å². The molecule has 0 aromatic heterocycles. The van der Waals surface area contributed by atoms with E-state index < -0.39 is 0 Å². The number of phenols is 1. The number of aromatic hydroxyl groups is 1. The van der Waals surface area contributed by atoms with Crippen molar-refractivity contribution in [3.63, 3.8) is 0 Å². The van der Waals surface area contributed by atoms with Gasteiger partial charge in [-0.15, -0.1) is 0 Å². The predicted octanol–water partition coefficient (Wildman–Crippen LogP) is 3.48. The summed E-state index contributed by atoms with van der Waals surface area (Å²) >= 11 is 0. The number of hydrogen-bond acceptors (Lipinski definition) is 3. The van der Waals surface area contributed by atoms with Crippen molar-refractivity contribution >= 4 is 5.91 Å². The highest BCUT2D eigenvalue weighted by Crippen LogP contribution is 2.35. The molecule has 1 amide bonds. The Morgan fingerprint density at radius 1 is 1.25 bits per heavy atom. The molecule has 0 unspecified atom stereocenters. The molecule has 1 aliphatic heterocycles. The third-order valence-electron chi connectivity index (χ3n) is 5.66. The number of nitrogens with one attached hydrogen (secondary N) is 1. The highest BCUT2D eigenvalue weighted by atomic mass is 16.3. The molecule has 0 radical (unpaired) electrons. The fourth-order valence-electron chi connectivity index (χ4n) is 4.42. The van der Waals surface area contributed by atoms with E-state index in [1.807, 2.05) is 13.0 Å². The predicted molar refractivity (Wildman–Crippen MR) is 96.3 cm³/mol. The van der Waals surface area contributed by atoms with E-state index in [1.54, 1.807) is 12.1 Å². The second-order valence-corrected chi connectivity index (χ2v) is 7.42. The van der Waals surface area contributed by atoms with E-state index in [1.165, 1.54) is 45.1 Å². The second-order valence-electron chi connectivity index (χ2n) is 7.42. The van der Waals surface area contributed by atoms with Crippen LogP contribution in [0.1, 0.15) is 60.9 Å². The van der Waals surface area contributed by atoms with Crippen LogP contribution in [0.3, 0.4) is 0 Å². The Hall–Kier alpha value is -1.55. The molecule has 132 valence electrons. The maximum atomic E-state index is 12.2. The molecule has 1 saturated carbocycles. The van der Waals surface area contributed by atoms with E-state index >= 15 is 0 Å². The molecule has 4 heteroatoms. The molecule has 0 bridgehead atoms. The van der Waals surface area contributed by atoms with Crippen molar-refractivity contribution in [2.75, 3.05) is 19.6 Å². The Labute approximate surface area is 145 Å². The average molecular weight is 330 g/mol. The number of aryl methyl sites for hydroxylation is 1. The Bertz CT molecular complexity index is 571. The zero-order valence-electron chi connectivity index (χ0n) is 14.8. The molecule has 1 saturated heterocycles. The van der Waals surface area contributed by atoms with Crippen LogP contribution in [-0.2, 0) is 0 Å². The van der Waals surface area contributed by atoms with Gasteiger partial charge in [0.15, 0.2) is 0 Å². The van der Waals surface area contributed by atoms with Gasteiger partial charge in [-0.05, 0) is 63.6 Å². The summed E-state index contributed by atoms with van der Waals surface area (Å²) in [5, 5.41) is 12.8. The first-order chi connectivity index (χ1) is 11.6. The normalized spacial score (nSPS) is 24.4. The smallest absolute Gasteiger partial charge is 0.255 e. The summed E-state index contributed by atoms with van der Waals surface area (Å²) in [6.07, 6.45) is 9.25. The lowest BCUT2D eigenvalue weighted by Gasteiger charge is -2.44. The van der Waals surface area contributed by atoms with Gasteiger partial charge >= 0.3 is 0 Å². The Morgan fingerprint density at radius 2 is 2.04 bits per heavy atom. The van der Waals surface area contributed by atoms with Crippen molar-refractivity contribution in [3.05, 3.63) is 29.3 Å². The van der Waals surface area contributed by atoms with Crippen LogP contribution in [0.15, 0.2) is 18.2 Å². The zero-order valence-corrected chi connectivity index (χ0v) is 14.8. The number of phenolic OH excluding ortho intramolecular Hbond substituents is 1. The summed E-state index contributed by atoms with van der Waals surface area (Å²) in [5.41, 5.74) is 1.36. The first-order valence-corrected chi connectivity index (χ1v) is 9.47. The lowest BCUT2D eigenvalue weighted by molar-refractivity contribution is 0.0599. The van der Waals surface area contributed by atoms with E-state index in [-0.39, 0.29) is 11.7 Å². The molecule has 1 aliphatic carbocycles. The lowest BCUT2D eigenvalue weighted by Crippen LogP contribution is -2.47. The molecule has 2 N–H and O–H groups in total. The Morgan fingerprint density at radius 3 is 2.92 bits per heavy atom. The van der Waals surface area contributed by atoms with Gasteiger partial charge in [-0.2, -0.15) is 0 Å². The summed E-state index contributed by atoms with van der Waals surface area (Å²) in [4.78, 5) is 14.9. The number of fused-ring (bicyclic) bond motifs is 1. The van der Waals surface area contributed by atoms with Gasteiger partial charge in [0.2, 0.25) is 0 Å². The standard InChI is InChI=1S/C20H30N2O2/c1-15-9-10-19(23)17(14-15)20(24)21-11-5-13-22-12-4-7-16-6-2-3-8-18(16)22/h9-10,14,16,18,23H,2-8,11-13H2,1H3,(H,21,24)/t16-,18-/m0/s1. The SMILES string of the molecule is Cc1ccc(O)c(C(=O)NCCCN2CCC[C@@H]3CCCC[C@@H]32)c1. The van der Waals surface area contributed by atoms with Crippen LogP contribution >= 0.6 is 0 Å². The molecule has 24 heavy (non-hydrogen) atoms. The molecule has 1 aromatic rings. The minimum Gasteiger partial charge on any atom is -0.507 e. The molecule has 2 atom stereocenters. The van der Waals surface area contributed by atoms with E-state index in [0.29, 0.717) is 12.1 Å². The van der Waals surface area contributed by atoms with Gasteiger partial charge in [0, 0.05) is 19.1 Å². The molecule has 3 rings (SSSR count). The second kappa shape index (κ2) is 8.02. The van der Waals surface area contributed by atoms with E-state index in [2.05, 4.69) is 10.2 Å². The highest BCUT2D eigenvalue weighted by molar-refractivity contribution is 5.96. The van der Waals surface area contributed by atoms with E-state index in [4.69, 9.17) is 0 Å². The van der Waals surface area contributed by atoms with Crippen LogP contribution < -0.4 is 5.32 Å². The number of carbonyl (C=O) groups is 1. The topological polar surface area (TPSA) is 52.6 Å². The van der Waals surface area contributed by atoms with Crippen LogP contribution in [0.4, 0.5) is 0 Å². The van der Waals surface area contributed by atoms with Gasteiger partial charge in [-0.25, -0.2) is 0 Å². The number of hydrogen-bond donors (Lipinski definition) is 2. The van der Waals surface area contributed by atoms with Crippen molar-refractivity contribution in [1.29, 1.82) is 0 Å². The molecule has 2 aliphatic rings. The van der Waals surface area contributed by atoms with Gasteiger partial charge in [-0.1, -0.05) is 24.5 Å². The van der Waals surface area contributed by atoms with Crippen LogP contribution in [0.25, 0.3) is 0 Å². The summed E-state index contributed by atoms with van der Waals surface area (Å²) in [5.74, 6) is 0.788. The number of carbonyl (C=O) groups excluding carboxylic acids is 1. The number of amides is 1. The van der Waals surface area contributed by atoms with Gasteiger partial charge in [-0.3, -0.25) is 4.79 Å². The first-order valence-electron chi connectivity index (χ1n) is 9.47. The van der Waals surface area contributed by atoms with E-state index in [0.717, 1.165) is 30.5 Å². The van der Waals surface area contributed by atoms with Crippen molar-refractivity contribution in [3.8, 4) is 5.75 Å². The summed E-state index contributed by atoms with van der Waals surface area (Å²) in [7, 11) is 0. The zero-order chi connectivity index (χ0) is 16.9. The summed E-state index contributed by atoms with van der Waals surface area (Å²) in [6.45, 7) is 4.88. The first kappa shape index (κ1) is 17.3. The highest BCUT2D eigenvalue weighted by Gasteiger charge is 2.32. The number of piperidine rings is 1. The largest absolute Gasteiger partial charge is 0.507 e. The molecule has 1 aromatic carbocycles. The fraction of sp³-hybridized carbons (Fsp3) is 0.650. The average Bonchev–Trinajstić information content (AvgIpc) is 2.60. The van der Waals surface area contributed by atoms with Crippen molar-refractivity contribution in [2.45, 2.75) is 57.9 Å². The molecule has 2 fully saturated rings. The number of nitrogens with zero attached hydrogens (tertiary/aromatic N) is 1. The van der Waals surface area contributed by atoms with Crippen molar-refractivity contribution < 1.29 is 9.90 Å². The molecular weight excluding hydrogens is 300 g/mol. The van der Waals surface area contributed by atoms with Gasteiger partial charge in [0.25, 0.3) is 5.91 Å². The molecule has 1 heterocycles. The number of likely N-dealkylation sites (tertiary alicyclic amines) is 1. The van der Waals surface area contributed by atoms with Gasteiger partial charge in [0.1, 0.15) is 5.75 Å². The minimum absolute atomic E-state index is 0.0548. The van der Waals surface area contributed by atoms with E-state index in [9.17, 15) is 9.90 Å². The summed E-state index contributed by atoms with van der Waals surface area (Å²) < 4.78 is 0. The van der Waals surface area contributed by atoms with Gasteiger partial charge < -0.3 is 15.3 Å². The Kier molecular flexibility index (Phi) is 5.77. The quantitative estimate of drug-likeness (QED) is 0.813. The van der Waals surface area contributed by atoms with Crippen molar-refractivity contribution in [2.24, 2.45) is 5.92 Å². The Balaban J connectivity index is 1.45. The van der Waals surface area contributed by atoms with Crippen LogP contribution in [0, 0.1) is 12.8 Å². The third-order valence-corrected chi connectivity index (χ3v) is 5.66. The van der Waals surface area contributed by atoms with Crippen LogP contribution in [0.2, 0.25) is 0 Å². The monoisotopic (exact) mass is 330 g/mol. The van der Waals surface area contributed by atoms with Crippen LogP contribution in [-0.4, -0.2) is 41.6 Å². The maximum absolute atomic E-state index is 12.2. The number of rotatable bonds is 5. The fourth-order valence-corrected chi connectivity index (χ4v) is 4.42. The maximum Gasteiger partial charge on any atom is 0.255 e.